The van der Waals surface area contributed by atoms with Crippen molar-refractivity contribution in [2.24, 2.45) is 29.6 Å². The second-order valence-corrected chi connectivity index (χ2v) is 9.38. The summed E-state index contributed by atoms with van der Waals surface area (Å²) in [5.41, 5.74) is 1.63. The van der Waals surface area contributed by atoms with Crippen molar-refractivity contribution in [3.05, 3.63) is 11.6 Å². The first kappa shape index (κ1) is 17.1. The maximum atomic E-state index is 12.4. The molecule has 6 unspecified atom stereocenters. The first-order valence-corrected chi connectivity index (χ1v) is 11.2. The number of fused-ring (bicyclic) bond motifs is 5. The first-order valence-electron chi connectivity index (χ1n) is 11.2. The molecule has 4 nitrogen and oxygen atoms in total. The SMILES string of the molecule is O=C(OC1C=C2CCC3C4CCCC4CCC3C2CC1)N1CCNCC1. The van der Waals surface area contributed by atoms with Gasteiger partial charge < -0.3 is 15.0 Å². The number of amides is 1. The Morgan fingerprint density at radius 2 is 1.85 bits per heavy atom. The van der Waals surface area contributed by atoms with Gasteiger partial charge in [0.15, 0.2) is 0 Å². The Morgan fingerprint density at radius 1 is 0.962 bits per heavy atom. The van der Waals surface area contributed by atoms with Crippen molar-refractivity contribution in [2.75, 3.05) is 26.2 Å². The highest BCUT2D eigenvalue weighted by Crippen LogP contribution is 2.56. The summed E-state index contributed by atoms with van der Waals surface area (Å²) in [6.07, 6.45) is 14.6. The zero-order valence-electron chi connectivity index (χ0n) is 16.0. The number of ether oxygens (including phenoxy) is 1. The average Bonchev–Trinajstić information content (AvgIpc) is 3.17. The molecule has 3 saturated carbocycles. The fourth-order valence-corrected chi connectivity index (χ4v) is 7.06. The zero-order valence-corrected chi connectivity index (χ0v) is 16.0. The van der Waals surface area contributed by atoms with E-state index in [1.807, 2.05) is 4.90 Å². The molecule has 4 aliphatic carbocycles. The van der Waals surface area contributed by atoms with Gasteiger partial charge in [-0.25, -0.2) is 4.79 Å². The van der Waals surface area contributed by atoms with Crippen LogP contribution in [0.1, 0.15) is 57.8 Å². The van der Waals surface area contributed by atoms with Gasteiger partial charge in [0.25, 0.3) is 0 Å². The van der Waals surface area contributed by atoms with Crippen LogP contribution in [0.3, 0.4) is 0 Å². The molecule has 4 heteroatoms. The van der Waals surface area contributed by atoms with Gasteiger partial charge in [-0.05, 0) is 80.6 Å². The molecule has 0 bridgehead atoms. The number of nitrogens with one attached hydrogen (secondary N) is 1. The van der Waals surface area contributed by atoms with E-state index in [1.165, 1.54) is 51.4 Å². The summed E-state index contributed by atoms with van der Waals surface area (Å²) in [5.74, 6) is 4.82. The summed E-state index contributed by atoms with van der Waals surface area (Å²) < 4.78 is 5.87. The van der Waals surface area contributed by atoms with Gasteiger partial charge in [0, 0.05) is 26.2 Å². The second kappa shape index (κ2) is 7.18. The Hall–Kier alpha value is -1.03. The van der Waals surface area contributed by atoms with Crippen LogP contribution in [-0.2, 0) is 4.74 Å². The topological polar surface area (TPSA) is 41.6 Å². The molecule has 5 aliphatic rings. The molecular weight excluding hydrogens is 324 g/mol. The van der Waals surface area contributed by atoms with Crippen LogP contribution in [-0.4, -0.2) is 43.3 Å². The predicted octanol–water partition coefficient (Wildman–Crippen LogP) is 3.97. The number of rotatable bonds is 1. The molecular formula is C22H34N2O2. The van der Waals surface area contributed by atoms with Crippen LogP contribution in [0.15, 0.2) is 11.6 Å². The van der Waals surface area contributed by atoms with Crippen LogP contribution >= 0.6 is 0 Å². The number of allylic oxidation sites excluding steroid dienone is 1. The van der Waals surface area contributed by atoms with Gasteiger partial charge in [0.2, 0.25) is 0 Å². The molecule has 5 rings (SSSR count). The summed E-state index contributed by atoms with van der Waals surface area (Å²) in [7, 11) is 0. The molecule has 26 heavy (non-hydrogen) atoms. The number of nitrogens with zero attached hydrogens (tertiary/aromatic N) is 1. The van der Waals surface area contributed by atoms with E-state index in [2.05, 4.69) is 11.4 Å². The van der Waals surface area contributed by atoms with Gasteiger partial charge in [0.05, 0.1) is 0 Å². The summed E-state index contributed by atoms with van der Waals surface area (Å²) in [4.78, 5) is 14.3. The molecule has 1 aliphatic heterocycles. The van der Waals surface area contributed by atoms with E-state index in [1.54, 1.807) is 5.57 Å². The number of piperazine rings is 1. The van der Waals surface area contributed by atoms with Crippen LogP contribution in [0.2, 0.25) is 0 Å². The van der Waals surface area contributed by atoms with Gasteiger partial charge in [-0.1, -0.05) is 18.4 Å². The summed E-state index contributed by atoms with van der Waals surface area (Å²) in [5, 5.41) is 3.29. The fourth-order valence-electron chi connectivity index (χ4n) is 7.06. The van der Waals surface area contributed by atoms with Crippen LogP contribution in [0.4, 0.5) is 4.79 Å². The van der Waals surface area contributed by atoms with E-state index >= 15 is 0 Å². The lowest BCUT2D eigenvalue weighted by Crippen LogP contribution is -2.47. The number of carbonyl (C=O) groups excluding carboxylic acids is 1. The van der Waals surface area contributed by atoms with Gasteiger partial charge in [-0.2, -0.15) is 0 Å². The van der Waals surface area contributed by atoms with E-state index in [0.717, 1.165) is 62.2 Å². The minimum absolute atomic E-state index is 0.0167. The molecule has 0 aromatic carbocycles. The lowest BCUT2D eigenvalue weighted by molar-refractivity contribution is 0.0316. The Labute approximate surface area is 157 Å². The van der Waals surface area contributed by atoms with Gasteiger partial charge in [-0.3, -0.25) is 0 Å². The Morgan fingerprint density at radius 3 is 2.73 bits per heavy atom. The van der Waals surface area contributed by atoms with Crippen molar-refractivity contribution >= 4 is 6.09 Å². The third kappa shape index (κ3) is 3.08. The smallest absolute Gasteiger partial charge is 0.410 e. The van der Waals surface area contributed by atoms with E-state index < -0.39 is 0 Å². The van der Waals surface area contributed by atoms with E-state index in [-0.39, 0.29) is 12.2 Å². The van der Waals surface area contributed by atoms with Gasteiger partial charge >= 0.3 is 6.09 Å². The highest BCUT2D eigenvalue weighted by Gasteiger charge is 2.47. The van der Waals surface area contributed by atoms with Crippen LogP contribution in [0, 0.1) is 29.6 Å². The molecule has 144 valence electrons. The fraction of sp³-hybridized carbons (Fsp3) is 0.864. The van der Waals surface area contributed by atoms with E-state index in [4.69, 9.17) is 4.74 Å². The number of carbonyl (C=O) groups is 1. The van der Waals surface area contributed by atoms with Crippen molar-refractivity contribution in [1.29, 1.82) is 0 Å². The molecule has 1 amide bonds. The standard InChI is InChI=1S/C22H34N2O2/c25-22(24-12-10-23-11-13-24)26-17-6-9-19-16(14-17)5-8-20-18-3-1-2-15(18)4-7-21(19)20/h14-15,17-21,23H,1-13H2. The second-order valence-electron chi connectivity index (χ2n) is 9.38. The van der Waals surface area contributed by atoms with Crippen LogP contribution in [0.25, 0.3) is 0 Å². The van der Waals surface area contributed by atoms with Crippen molar-refractivity contribution in [1.82, 2.24) is 10.2 Å². The lowest BCUT2D eigenvalue weighted by Gasteiger charge is -2.49. The molecule has 4 fully saturated rings. The Bertz CT molecular complexity index is 568. The average molecular weight is 359 g/mol. The summed E-state index contributed by atoms with van der Waals surface area (Å²) >= 11 is 0. The Kier molecular flexibility index (Phi) is 4.72. The van der Waals surface area contributed by atoms with Crippen molar-refractivity contribution < 1.29 is 9.53 Å². The lowest BCUT2D eigenvalue weighted by atomic mass is 9.56. The molecule has 0 aromatic rings. The van der Waals surface area contributed by atoms with Crippen molar-refractivity contribution in [2.45, 2.75) is 63.9 Å². The normalized spacial score (nSPS) is 42.3. The third-order valence-electron chi connectivity index (χ3n) is 8.24. The molecule has 1 saturated heterocycles. The van der Waals surface area contributed by atoms with E-state index in [0.29, 0.717) is 0 Å². The molecule has 0 spiro atoms. The quantitative estimate of drug-likeness (QED) is 0.721. The van der Waals surface area contributed by atoms with Gasteiger partial charge in [0.1, 0.15) is 6.10 Å². The van der Waals surface area contributed by atoms with Crippen LogP contribution in [0.5, 0.6) is 0 Å². The predicted molar refractivity (Wildman–Crippen MR) is 102 cm³/mol. The summed E-state index contributed by atoms with van der Waals surface area (Å²) in [6.45, 7) is 3.32. The number of hydrogen-bond donors (Lipinski definition) is 1. The zero-order chi connectivity index (χ0) is 17.5. The minimum atomic E-state index is -0.105. The summed E-state index contributed by atoms with van der Waals surface area (Å²) in [6, 6.07) is 0. The van der Waals surface area contributed by atoms with Gasteiger partial charge in [-0.15, -0.1) is 0 Å². The molecule has 6 atom stereocenters. The maximum absolute atomic E-state index is 12.4. The first-order chi connectivity index (χ1) is 12.8. The molecule has 0 aromatic heterocycles. The molecule has 1 heterocycles. The maximum Gasteiger partial charge on any atom is 0.410 e. The highest BCUT2D eigenvalue weighted by atomic mass is 16.6. The monoisotopic (exact) mass is 358 g/mol. The molecule has 1 N–H and O–H groups in total. The highest BCUT2D eigenvalue weighted by molar-refractivity contribution is 5.68. The third-order valence-corrected chi connectivity index (χ3v) is 8.24. The number of hydrogen-bond acceptors (Lipinski definition) is 3. The minimum Gasteiger partial charge on any atom is -0.442 e. The van der Waals surface area contributed by atoms with E-state index in [9.17, 15) is 4.79 Å². The van der Waals surface area contributed by atoms with Crippen molar-refractivity contribution in [3.8, 4) is 0 Å². The van der Waals surface area contributed by atoms with Crippen molar-refractivity contribution in [3.63, 3.8) is 0 Å². The largest absolute Gasteiger partial charge is 0.442 e. The van der Waals surface area contributed by atoms with Crippen LogP contribution < -0.4 is 5.32 Å². The Balaban J connectivity index is 1.24. The molecule has 0 radical (unpaired) electrons.